The van der Waals surface area contributed by atoms with E-state index in [1.807, 2.05) is 19.9 Å². The molecular weight excluding hydrogens is 124 g/mol. The van der Waals surface area contributed by atoms with Crippen molar-refractivity contribution in [2.75, 3.05) is 0 Å². The first-order chi connectivity index (χ1) is 4.72. The summed E-state index contributed by atoms with van der Waals surface area (Å²) in [5.74, 6) is 0. The van der Waals surface area contributed by atoms with Crippen LogP contribution in [0.2, 0.25) is 0 Å². The maximum absolute atomic E-state index is 8.50. The number of allylic oxidation sites excluding steroid dienone is 3. The molecule has 0 saturated heterocycles. The summed E-state index contributed by atoms with van der Waals surface area (Å²) in [6.45, 7) is 7.02. The third-order valence-corrected chi connectivity index (χ3v) is 1.01. The largest absolute Gasteiger partial charge is 0.272 e. The lowest BCUT2D eigenvalue weighted by Gasteiger charge is -1.88. The molecule has 0 rings (SSSR count). The maximum atomic E-state index is 8.50. The number of rotatable bonds is 2. The molecule has 0 radical (unpaired) electrons. The highest BCUT2D eigenvalue weighted by Gasteiger charge is 1.88. The molecule has 0 fully saturated rings. The lowest BCUT2D eigenvalue weighted by molar-refractivity contribution is 1.33. The lowest BCUT2D eigenvalue weighted by atomic mass is 10.2. The SMILES string of the molecule is C=N/C=C\C(C#N)=C(C)C. The average Bonchev–Trinajstić information content (AvgIpc) is 1.89. The van der Waals surface area contributed by atoms with Gasteiger partial charge < -0.3 is 0 Å². The van der Waals surface area contributed by atoms with Gasteiger partial charge in [0, 0.05) is 6.20 Å². The minimum Gasteiger partial charge on any atom is -0.272 e. The minimum atomic E-state index is 0.646. The Morgan fingerprint density at radius 1 is 1.60 bits per heavy atom. The van der Waals surface area contributed by atoms with Crippen LogP contribution in [0.1, 0.15) is 13.8 Å². The van der Waals surface area contributed by atoms with Crippen molar-refractivity contribution in [2.45, 2.75) is 13.8 Å². The van der Waals surface area contributed by atoms with Crippen LogP contribution in [0.15, 0.2) is 28.4 Å². The van der Waals surface area contributed by atoms with Crippen molar-refractivity contribution in [1.29, 1.82) is 5.26 Å². The Kier molecular flexibility index (Phi) is 3.90. The molecule has 2 nitrogen and oxygen atoms in total. The number of nitriles is 1. The number of aliphatic imine (C=N–C) groups is 1. The minimum absolute atomic E-state index is 0.646. The predicted molar refractivity (Wildman–Crippen MR) is 42.7 cm³/mol. The van der Waals surface area contributed by atoms with Gasteiger partial charge in [0.2, 0.25) is 0 Å². The fourth-order valence-electron chi connectivity index (χ4n) is 0.443. The van der Waals surface area contributed by atoms with Crippen LogP contribution < -0.4 is 0 Å². The van der Waals surface area contributed by atoms with Crippen LogP contribution in [0.3, 0.4) is 0 Å². The third-order valence-electron chi connectivity index (χ3n) is 1.01. The fourth-order valence-corrected chi connectivity index (χ4v) is 0.443. The van der Waals surface area contributed by atoms with Crippen molar-refractivity contribution in [1.82, 2.24) is 0 Å². The molecule has 0 aromatic carbocycles. The van der Waals surface area contributed by atoms with Gasteiger partial charge in [-0.2, -0.15) is 5.26 Å². The highest BCUT2D eigenvalue weighted by molar-refractivity contribution is 5.37. The second-order valence-electron chi connectivity index (χ2n) is 2.02. The zero-order valence-corrected chi connectivity index (χ0v) is 6.26. The monoisotopic (exact) mass is 134 g/mol. The first-order valence-corrected chi connectivity index (χ1v) is 2.92. The van der Waals surface area contributed by atoms with E-state index in [1.54, 1.807) is 6.08 Å². The smallest absolute Gasteiger partial charge is 0.0991 e. The van der Waals surface area contributed by atoms with Gasteiger partial charge in [-0.25, -0.2) is 0 Å². The first-order valence-electron chi connectivity index (χ1n) is 2.92. The second-order valence-corrected chi connectivity index (χ2v) is 2.02. The van der Waals surface area contributed by atoms with Gasteiger partial charge in [-0.3, -0.25) is 4.99 Å². The standard InChI is InChI=1S/C8H10N2/c1-7(2)8(6-9)4-5-10-3/h4-5H,3H2,1-2H3/b5-4-. The van der Waals surface area contributed by atoms with E-state index in [0.717, 1.165) is 5.57 Å². The van der Waals surface area contributed by atoms with Crippen molar-refractivity contribution in [3.8, 4) is 6.07 Å². The summed E-state index contributed by atoms with van der Waals surface area (Å²) >= 11 is 0. The molecule has 0 N–H and O–H groups in total. The molecule has 0 amide bonds. The third kappa shape index (κ3) is 2.83. The van der Waals surface area contributed by atoms with E-state index in [0.29, 0.717) is 5.57 Å². The lowest BCUT2D eigenvalue weighted by Crippen LogP contribution is -1.74. The Bertz CT molecular complexity index is 212. The summed E-state index contributed by atoms with van der Waals surface area (Å²) in [5, 5.41) is 8.50. The van der Waals surface area contributed by atoms with E-state index in [-0.39, 0.29) is 0 Å². The fraction of sp³-hybridized carbons (Fsp3) is 0.250. The number of nitrogens with zero attached hydrogens (tertiary/aromatic N) is 2. The molecule has 0 spiro atoms. The molecule has 52 valence electrons. The molecule has 2 heteroatoms. The molecule has 0 unspecified atom stereocenters. The topological polar surface area (TPSA) is 36.1 Å². The Morgan fingerprint density at radius 3 is 2.50 bits per heavy atom. The number of hydrogen-bond acceptors (Lipinski definition) is 2. The summed E-state index contributed by atoms with van der Waals surface area (Å²) in [6, 6.07) is 2.04. The molecule has 10 heavy (non-hydrogen) atoms. The van der Waals surface area contributed by atoms with Crippen LogP contribution in [0.5, 0.6) is 0 Å². The van der Waals surface area contributed by atoms with Gasteiger partial charge in [-0.15, -0.1) is 0 Å². The molecule has 0 saturated carbocycles. The maximum Gasteiger partial charge on any atom is 0.0991 e. The first kappa shape index (κ1) is 8.64. The highest BCUT2D eigenvalue weighted by Crippen LogP contribution is 2.02. The van der Waals surface area contributed by atoms with Crippen molar-refractivity contribution in [3.63, 3.8) is 0 Å². The molecule has 0 atom stereocenters. The summed E-state index contributed by atoms with van der Waals surface area (Å²) in [7, 11) is 0. The molecule has 0 heterocycles. The highest BCUT2D eigenvalue weighted by atomic mass is 14.6. The molecule has 0 aromatic rings. The van der Waals surface area contributed by atoms with E-state index in [1.165, 1.54) is 6.20 Å². The zero-order valence-electron chi connectivity index (χ0n) is 6.26. The van der Waals surface area contributed by atoms with Crippen LogP contribution >= 0.6 is 0 Å². The van der Waals surface area contributed by atoms with Crippen molar-refractivity contribution in [2.24, 2.45) is 4.99 Å². The summed E-state index contributed by atoms with van der Waals surface area (Å²) in [6.07, 6.45) is 3.15. The van der Waals surface area contributed by atoms with E-state index >= 15 is 0 Å². The van der Waals surface area contributed by atoms with Crippen LogP contribution in [0.25, 0.3) is 0 Å². The van der Waals surface area contributed by atoms with Gasteiger partial charge in [-0.05, 0) is 26.6 Å². The van der Waals surface area contributed by atoms with E-state index in [9.17, 15) is 0 Å². The van der Waals surface area contributed by atoms with Crippen molar-refractivity contribution < 1.29 is 0 Å². The normalized spacial score (nSPS) is 8.90. The quantitative estimate of drug-likeness (QED) is 0.323. The van der Waals surface area contributed by atoms with E-state index in [2.05, 4.69) is 11.7 Å². The Hall–Kier alpha value is -1.36. The van der Waals surface area contributed by atoms with E-state index < -0.39 is 0 Å². The second kappa shape index (κ2) is 4.51. The summed E-state index contributed by atoms with van der Waals surface area (Å²) in [4.78, 5) is 3.49. The molecule has 0 aliphatic rings. The van der Waals surface area contributed by atoms with Gasteiger partial charge in [0.15, 0.2) is 0 Å². The van der Waals surface area contributed by atoms with Gasteiger partial charge in [-0.1, -0.05) is 5.57 Å². The van der Waals surface area contributed by atoms with Gasteiger partial charge in [0.1, 0.15) is 0 Å². The Balaban J connectivity index is 4.43. The summed E-state index contributed by atoms with van der Waals surface area (Å²) in [5.41, 5.74) is 1.63. The predicted octanol–water partition coefficient (Wildman–Crippen LogP) is 2.06. The molecule has 0 bridgehead atoms. The van der Waals surface area contributed by atoms with Crippen LogP contribution in [0, 0.1) is 11.3 Å². The van der Waals surface area contributed by atoms with Crippen LogP contribution in [-0.4, -0.2) is 6.72 Å². The molecular formula is C8H10N2. The Labute approximate surface area is 61.2 Å². The van der Waals surface area contributed by atoms with E-state index in [4.69, 9.17) is 5.26 Å². The molecule has 0 aliphatic carbocycles. The van der Waals surface area contributed by atoms with Gasteiger partial charge >= 0.3 is 0 Å². The number of hydrogen-bond donors (Lipinski definition) is 0. The molecule has 0 aliphatic heterocycles. The summed E-state index contributed by atoms with van der Waals surface area (Å²) < 4.78 is 0. The van der Waals surface area contributed by atoms with Crippen molar-refractivity contribution >= 4 is 6.72 Å². The van der Waals surface area contributed by atoms with Gasteiger partial charge in [0.25, 0.3) is 0 Å². The average molecular weight is 134 g/mol. The van der Waals surface area contributed by atoms with Gasteiger partial charge in [0.05, 0.1) is 11.6 Å². The molecule has 0 aromatic heterocycles. The zero-order chi connectivity index (χ0) is 7.98. The van der Waals surface area contributed by atoms with Crippen molar-refractivity contribution in [3.05, 3.63) is 23.4 Å². The van der Waals surface area contributed by atoms with Crippen LogP contribution in [-0.2, 0) is 0 Å². The van der Waals surface area contributed by atoms with Crippen LogP contribution in [0.4, 0.5) is 0 Å². The Morgan fingerprint density at radius 2 is 2.20 bits per heavy atom.